The summed E-state index contributed by atoms with van der Waals surface area (Å²) in [6, 6.07) is 0.461. The van der Waals surface area contributed by atoms with E-state index in [9.17, 15) is 9.59 Å². The first-order valence-corrected chi connectivity index (χ1v) is 9.43. The summed E-state index contributed by atoms with van der Waals surface area (Å²) >= 11 is 0. The molecule has 5 heteroatoms. The number of hydrogen-bond acceptors (Lipinski definition) is 3. The third-order valence-electron chi connectivity index (χ3n) is 5.82. The van der Waals surface area contributed by atoms with Crippen LogP contribution in [0.2, 0.25) is 0 Å². The summed E-state index contributed by atoms with van der Waals surface area (Å²) in [6.07, 6.45) is 9.00. The second kappa shape index (κ2) is 7.54. The third-order valence-corrected chi connectivity index (χ3v) is 5.82. The predicted octanol–water partition coefficient (Wildman–Crippen LogP) is 3.04. The summed E-state index contributed by atoms with van der Waals surface area (Å²) in [5, 5.41) is 0. The Morgan fingerprint density at radius 2 is 1.74 bits per heavy atom. The second-order valence-corrected chi connectivity index (χ2v) is 7.27. The van der Waals surface area contributed by atoms with Crippen molar-refractivity contribution in [2.75, 3.05) is 26.2 Å². The van der Waals surface area contributed by atoms with Gasteiger partial charge in [0.2, 0.25) is 5.91 Å². The second-order valence-electron chi connectivity index (χ2n) is 7.27. The lowest BCUT2D eigenvalue weighted by atomic mass is 9.77. The van der Waals surface area contributed by atoms with Gasteiger partial charge in [0.25, 0.3) is 0 Å². The number of likely N-dealkylation sites (tertiary alicyclic amines) is 2. The van der Waals surface area contributed by atoms with Gasteiger partial charge in [0.05, 0.1) is 12.5 Å². The number of fused-ring (bicyclic) bond motifs is 1. The van der Waals surface area contributed by atoms with Crippen LogP contribution < -0.4 is 0 Å². The molecule has 23 heavy (non-hydrogen) atoms. The molecule has 0 aromatic rings. The fourth-order valence-corrected chi connectivity index (χ4v) is 4.69. The molecule has 130 valence electrons. The Balaban J connectivity index is 1.63. The first-order valence-electron chi connectivity index (χ1n) is 9.43. The number of hydrogen-bond donors (Lipinski definition) is 0. The molecule has 3 unspecified atom stereocenters. The first kappa shape index (κ1) is 16.6. The predicted molar refractivity (Wildman–Crippen MR) is 88.0 cm³/mol. The highest BCUT2D eigenvalue weighted by atomic mass is 16.6. The molecular formula is C18H30N2O3. The lowest BCUT2D eigenvalue weighted by molar-refractivity contribution is -0.143. The number of rotatable bonds is 2. The molecule has 2 heterocycles. The number of carbonyl (C=O) groups is 2. The summed E-state index contributed by atoms with van der Waals surface area (Å²) in [6.45, 7) is 4.38. The maximum atomic E-state index is 13.1. The molecule has 0 radical (unpaired) electrons. The maximum Gasteiger partial charge on any atom is 0.409 e. The molecule has 1 aliphatic carbocycles. The summed E-state index contributed by atoms with van der Waals surface area (Å²) in [4.78, 5) is 28.9. The summed E-state index contributed by atoms with van der Waals surface area (Å²) in [7, 11) is 0. The van der Waals surface area contributed by atoms with Gasteiger partial charge in [-0.3, -0.25) is 4.79 Å². The van der Waals surface area contributed by atoms with Crippen molar-refractivity contribution in [3.63, 3.8) is 0 Å². The van der Waals surface area contributed by atoms with Crippen molar-refractivity contribution in [2.45, 2.75) is 64.3 Å². The van der Waals surface area contributed by atoms with Crippen LogP contribution in [0.25, 0.3) is 0 Å². The van der Waals surface area contributed by atoms with Gasteiger partial charge < -0.3 is 14.5 Å². The highest BCUT2D eigenvalue weighted by Crippen LogP contribution is 2.36. The number of amides is 2. The highest BCUT2D eigenvalue weighted by molar-refractivity contribution is 5.80. The van der Waals surface area contributed by atoms with Gasteiger partial charge in [-0.25, -0.2) is 4.79 Å². The van der Waals surface area contributed by atoms with Gasteiger partial charge in [0, 0.05) is 25.7 Å². The Bertz CT molecular complexity index is 438. The smallest absolute Gasteiger partial charge is 0.409 e. The standard InChI is InChI=1S/C18H30N2O3/c1-2-23-18(22)19-11-5-9-15(13-19)17(21)20-12-6-8-14-7-3-4-10-16(14)20/h14-16H,2-13H2,1H3. The fourth-order valence-electron chi connectivity index (χ4n) is 4.69. The van der Waals surface area contributed by atoms with Crippen LogP contribution in [-0.2, 0) is 9.53 Å². The monoisotopic (exact) mass is 322 g/mol. The molecule has 2 saturated heterocycles. The van der Waals surface area contributed by atoms with Gasteiger partial charge in [0.15, 0.2) is 0 Å². The lowest BCUT2D eigenvalue weighted by Gasteiger charge is -2.46. The Labute approximate surface area is 139 Å². The van der Waals surface area contributed by atoms with Crippen LogP contribution in [0.1, 0.15) is 58.3 Å². The van der Waals surface area contributed by atoms with E-state index < -0.39 is 0 Å². The van der Waals surface area contributed by atoms with Crippen molar-refractivity contribution in [1.82, 2.24) is 9.80 Å². The topological polar surface area (TPSA) is 49.9 Å². The maximum absolute atomic E-state index is 13.1. The van der Waals surface area contributed by atoms with Gasteiger partial charge >= 0.3 is 6.09 Å². The summed E-state index contributed by atoms with van der Waals surface area (Å²) < 4.78 is 5.10. The average molecular weight is 322 g/mol. The van der Waals surface area contributed by atoms with E-state index in [1.165, 1.54) is 32.1 Å². The Hall–Kier alpha value is -1.26. The van der Waals surface area contributed by atoms with E-state index in [1.54, 1.807) is 4.90 Å². The van der Waals surface area contributed by atoms with Crippen LogP contribution in [0.3, 0.4) is 0 Å². The van der Waals surface area contributed by atoms with Crippen molar-refractivity contribution in [2.24, 2.45) is 11.8 Å². The molecule has 2 aliphatic heterocycles. The number of carbonyl (C=O) groups excluding carboxylic acids is 2. The van der Waals surface area contributed by atoms with Gasteiger partial charge in [-0.2, -0.15) is 0 Å². The van der Waals surface area contributed by atoms with Crippen LogP contribution >= 0.6 is 0 Å². The van der Waals surface area contributed by atoms with Crippen molar-refractivity contribution in [1.29, 1.82) is 0 Å². The lowest BCUT2D eigenvalue weighted by Crippen LogP contribution is -2.54. The van der Waals surface area contributed by atoms with Crippen molar-refractivity contribution >= 4 is 12.0 Å². The van der Waals surface area contributed by atoms with Crippen molar-refractivity contribution in [3.05, 3.63) is 0 Å². The molecule has 3 rings (SSSR count). The summed E-state index contributed by atoms with van der Waals surface area (Å²) in [5.74, 6) is 0.968. The molecule has 3 fully saturated rings. The molecule has 0 bridgehead atoms. The van der Waals surface area contributed by atoms with Crippen molar-refractivity contribution < 1.29 is 14.3 Å². The minimum Gasteiger partial charge on any atom is -0.450 e. The largest absolute Gasteiger partial charge is 0.450 e. The Morgan fingerprint density at radius 3 is 2.57 bits per heavy atom. The fraction of sp³-hybridized carbons (Fsp3) is 0.889. The van der Waals surface area contributed by atoms with Gasteiger partial charge in [-0.1, -0.05) is 12.8 Å². The minimum atomic E-state index is -0.265. The zero-order chi connectivity index (χ0) is 16.2. The number of piperidine rings is 2. The van der Waals surface area contributed by atoms with E-state index in [-0.39, 0.29) is 17.9 Å². The molecule has 0 aromatic heterocycles. The van der Waals surface area contributed by atoms with Crippen molar-refractivity contribution in [3.8, 4) is 0 Å². The molecule has 0 aromatic carbocycles. The molecule has 3 atom stereocenters. The van der Waals surface area contributed by atoms with E-state index in [2.05, 4.69) is 4.90 Å². The molecule has 3 aliphatic rings. The molecule has 1 saturated carbocycles. The van der Waals surface area contributed by atoms with Crippen LogP contribution in [0.15, 0.2) is 0 Å². The molecule has 0 N–H and O–H groups in total. The van der Waals surface area contributed by atoms with Gasteiger partial charge in [-0.15, -0.1) is 0 Å². The molecular weight excluding hydrogens is 292 g/mol. The first-order chi connectivity index (χ1) is 11.2. The van der Waals surface area contributed by atoms with E-state index in [0.717, 1.165) is 25.8 Å². The zero-order valence-corrected chi connectivity index (χ0v) is 14.3. The Morgan fingerprint density at radius 1 is 1.00 bits per heavy atom. The minimum absolute atomic E-state index is 0.0335. The van der Waals surface area contributed by atoms with Crippen LogP contribution in [0.5, 0.6) is 0 Å². The SMILES string of the molecule is CCOC(=O)N1CCCC(C(=O)N2CCCC3CCCCC32)C1. The van der Waals surface area contributed by atoms with Crippen LogP contribution in [-0.4, -0.2) is 54.1 Å². The van der Waals surface area contributed by atoms with Crippen LogP contribution in [0.4, 0.5) is 4.79 Å². The highest BCUT2D eigenvalue weighted by Gasteiger charge is 2.39. The number of nitrogens with zero attached hydrogens (tertiary/aromatic N) is 2. The van der Waals surface area contributed by atoms with Crippen LogP contribution in [0, 0.1) is 11.8 Å². The normalized spacial score (nSPS) is 31.4. The van der Waals surface area contributed by atoms with E-state index in [4.69, 9.17) is 4.74 Å². The average Bonchev–Trinajstić information content (AvgIpc) is 2.61. The molecule has 0 spiro atoms. The van der Waals surface area contributed by atoms with Gasteiger partial charge in [-0.05, 0) is 51.4 Å². The quantitative estimate of drug-likeness (QED) is 0.785. The van der Waals surface area contributed by atoms with E-state index in [1.807, 2.05) is 6.92 Å². The Kier molecular flexibility index (Phi) is 5.44. The van der Waals surface area contributed by atoms with Gasteiger partial charge in [0.1, 0.15) is 0 Å². The summed E-state index contributed by atoms with van der Waals surface area (Å²) in [5.41, 5.74) is 0. The van der Waals surface area contributed by atoms with E-state index >= 15 is 0 Å². The molecule has 5 nitrogen and oxygen atoms in total. The third kappa shape index (κ3) is 3.64. The zero-order valence-electron chi connectivity index (χ0n) is 14.3. The van der Waals surface area contributed by atoms with E-state index in [0.29, 0.717) is 31.7 Å². The molecule has 2 amide bonds. The number of ether oxygens (including phenoxy) is 1.